The molecule has 1 aromatic rings. The maximum atomic E-state index is 12.6. The van der Waals surface area contributed by atoms with Gasteiger partial charge in [-0.25, -0.2) is 0 Å². The molecule has 3 atom stereocenters. The van der Waals surface area contributed by atoms with E-state index in [1.54, 1.807) is 12.1 Å². The van der Waals surface area contributed by atoms with E-state index >= 15 is 0 Å². The highest BCUT2D eigenvalue weighted by Crippen LogP contribution is 2.42. The summed E-state index contributed by atoms with van der Waals surface area (Å²) in [6.45, 7) is 4.11. The van der Waals surface area contributed by atoms with Crippen molar-refractivity contribution >= 4 is 11.6 Å². The third-order valence-electron chi connectivity index (χ3n) is 4.48. The summed E-state index contributed by atoms with van der Waals surface area (Å²) >= 11 is 0. The Kier molecular flexibility index (Phi) is 2.47. The van der Waals surface area contributed by atoms with Gasteiger partial charge in [0.1, 0.15) is 0 Å². The first kappa shape index (κ1) is 11.4. The van der Waals surface area contributed by atoms with Crippen LogP contribution in [0.5, 0.6) is 0 Å². The van der Waals surface area contributed by atoms with Crippen molar-refractivity contribution in [2.24, 2.45) is 17.8 Å². The fourth-order valence-electron chi connectivity index (χ4n) is 3.25. The number of carbonyl (C=O) groups is 2. The molecule has 3 rings (SSSR count). The number of fused-ring (bicyclic) bond motifs is 2. The van der Waals surface area contributed by atoms with E-state index in [1.807, 2.05) is 12.1 Å². The third-order valence-corrected chi connectivity index (χ3v) is 4.48. The number of ketones is 2. The fourth-order valence-corrected chi connectivity index (χ4v) is 3.25. The highest BCUT2D eigenvalue weighted by molar-refractivity contribution is 6.16. The lowest BCUT2D eigenvalue weighted by Gasteiger charge is -2.37. The first-order valence-corrected chi connectivity index (χ1v) is 6.45. The number of Topliss-reactive ketones (excluding diaryl/α,β-unsaturated/α-hetero) is 2. The van der Waals surface area contributed by atoms with Crippen molar-refractivity contribution in [1.82, 2.24) is 0 Å². The second-order valence-electron chi connectivity index (χ2n) is 5.38. The number of carbonyl (C=O) groups excluding carboxylic acids is 2. The van der Waals surface area contributed by atoms with E-state index in [4.69, 9.17) is 0 Å². The van der Waals surface area contributed by atoms with Crippen LogP contribution in [-0.2, 0) is 0 Å². The zero-order valence-electron chi connectivity index (χ0n) is 10.6. The number of hydrogen-bond donors (Lipinski definition) is 0. The number of hydrogen-bond acceptors (Lipinski definition) is 2. The Morgan fingerprint density at radius 1 is 1.06 bits per heavy atom. The van der Waals surface area contributed by atoms with Gasteiger partial charge in [-0.15, -0.1) is 0 Å². The summed E-state index contributed by atoms with van der Waals surface area (Å²) in [6, 6.07) is 7.23. The maximum Gasteiger partial charge on any atom is 0.168 e. The molecule has 2 aliphatic carbocycles. The van der Waals surface area contributed by atoms with Crippen molar-refractivity contribution in [2.75, 3.05) is 0 Å². The van der Waals surface area contributed by atoms with Crippen LogP contribution in [0.2, 0.25) is 0 Å². The van der Waals surface area contributed by atoms with Crippen LogP contribution >= 0.6 is 0 Å². The molecular formula is C16H16O2. The molecule has 0 saturated heterocycles. The first-order chi connectivity index (χ1) is 8.61. The maximum absolute atomic E-state index is 12.6. The van der Waals surface area contributed by atoms with E-state index in [1.165, 1.54) is 5.57 Å². The Labute approximate surface area is 107 Å². The molecule has 2 heteroatoms. The summed E-state index contributed by atoms with van der Waals surface area (Å²) in [4.78, 5) is 25.0. The van der Waals surface area contributed by atoms with Gasteiger partial charge in [0.25, 0.3) is 0 Å². The van der Waals surface area contributed by atoms with Gasteiger partial charge in [0.15, 0.2) is 11.6 Å². The highest BCUT2D eigenvalue weighted by atomic mass is 16.1. The SMILES string of the molecule is CC1=CC[C@H]2C(=O)c3ccccc3C(=O)[C@H]2C1C. The van der Waals surface area contributed by atoms with Gasteiger partial charge in [0.05, 0.1) is 0 Å². The van der Waals surface area contributed by atoms with E-state index in [-0.39, 0.29) is 29.3 Å². The monoisotopic (exact) mass is 240 g/mol. The van der Waals surface area contributed by atoms with E-state index in [2.05, 4.69) is 19.9 Å². The molecule has 0 aromatic heterocycles. The second kappa shape index (κ2) is 3.91. The second-order valence-corrected chi connectivity index (χ2v) is 5.38. The Morgan fingerprint density at radius 2 is 1.67 bits per heavy atom. The Morgan fingerprint density at radius 3 is 2.33 bits per heavy atom. The molecule has 0 fully saturated rings. The van der Waals surface area contributed by atoms with Gasteiger partial charge < -0.3 is 0 Å². The molecule has 1 aromatic carbocycles. The predicted molar refractivity (Wildman–Crippen MR) is 69.6 cm³/mol. The molecule has 0 amide bonds. The molecule has 0 aliphatic heterocycles. The van der Waals surface area contributed by atoms with Crippen LogP contribution in [0, 0.1) is 17.8 Å². The standard InChI is InChI=1S/C16H16O2/c1-9-7-8-13-14(10(9)2)16(18)12-6-4-3-5-11(12)15(13)17/h3-7,10,13-14H,8H2,1-2H3/t10?,13-,14+/m1/s1. The lowest BCUT2D eigenvalue weighted by molar-refractivity contribution is 0.0680. The van der Waals surface area contributed by atoms with Crippen molar-refractivity contribution in [1.29, 1.82) is 0 Å². The van der Waals surface area contributed by atoms with Crippen LogP contribution in [0.4, 0.5) is 0 Å². The molecule has 0 N–H and O–H groups in total. The zero-order valence-corrected chi connectivity index (χ0v) is 10.6. The lowest BCUT2D eigenvalue weighted by Crippen LogP contribution is -2.42. The average molecular weight is 240 g/mol. The molecule has 0 bridgehead atoms. The molecule has 1 unspecified atom stereocenters. The summed E-state index contributed by atoms with van der Waals surface area (Å²) in [7, 11) is 0. The summed E-state index contributed by atoms with van der Waals surface area (Å²) < 4.78 is 0. The minimum atomic E-state index is -0.155. The van der Waals surface area contributed by atoms with Crippen LogP contribution < -0.4 is 0 Å². The number of allylic oxidation sites excluding steroid dienone is 2. The molecule has 18 heavy (non-hydrogen) atoms. The fraction of sp³-hybridized carbons (Fsp3) is 0.375. The van der Waals surface area contributed by atoms with Gasteiger partial charge in [0, 0.05) is 23.0 Å². The summed E-state index contributed by atoms with van der Waals surface area (Å²) in [5.74, 6) is 0.165. The first-order valence-electron chi connectivity index (χ1n) is 6.45. The normalized spacial score (nSPS) is 30.6. The van der Waals surface area contributed by atoms with Crippen molar-refractivity contribution in [3.63, 3.8) is 0 Å². The summed E-state index contributed by atoms with van der Waals surface area (Å²) in [5.41, 5.74) is 2.46. The molecule has 2 nitrogen and oxygen atoms in total. The van der Waals surface area contributed by atoms with Crippen molar-refractivity contribution < 1.29 is 9.59 Å². The van der Waals surface area contributed by atoms with Crippen LogP contribution in [0.15, 0.2) is 35.9 Å². The average Bonchev–Trinajstić information content (AvgIpc) is 2.39. The zero-order chi connectivity index (χ0) is 12.9. The minimum absolute atomic E-state index is 0.144. The van der Waals surface area contributed by atoms with Gasteiger partial charge in [-0.1, -0.05) is 42.8 Å². The van der Waals surface area contributed by atoms with Crippen LogP contribution in [0.1, 0.15) is 41.0 Å². The molecular weight excluding hydrogens is 224 g/mol. The molecule has 0 spiro atoms. The molecule has 2 aliphatic rings. The van der Waals surface area contributed by atoms with E-state index in [0.29, 0.717) is 17.5 Å². The Balaban J connectivity index is 2.15. The van der Waals surface area contributed by atoms with Gasteiger partial charge in [-0.3, -0.25) is 9.59 Å². The largest absolute Gasteiger partial charge is 0.294 e. The minimum Gasteiger partial charge on any atom is -0.294 e. The van der Waals surface area contributed by atoms with Crippen molar-refractivity contribution in [3.8, 4) is 0 Å². The molecule has 92 valence electrons. The topological polar surface area (TPSA) is 34.1 Å². The molecule has 0 radical (unpaired) electrons. The quantitative estimate of drug-likeness (QED) is 0.652. The van der Waals surface area contributed by atoms with Gasteiger partial charge >= 0.3 is 0 Å². The summed E-state index contributed by atoms with van der Waals surface area (Å²) in [5, 5.41) is 0. The van der Waals surface area contributed by atoms with Crippen LogP contribution in [0.25, 0.3) is 0 Å². The molecule has 0 saturated carbocycles. The predicted octanol–water partition coefficient (Wildman–Crippen LogP) is 3.28. The number of rotatable bonds is 0. The van der Waals surface area contributed by atoms with Gasteiger partial charge in [0.2, 0.25) is 0 Å². The van der Waals surface area contributed by atoms with Crippen molar-refractivity contribution in [2.45, 2.75) is 20.3 Å². The molecule has 0 heterocycles. The number of benzene rings is 1. The van der Waals surface area contributed by atoms with Crippen LogP contribution in [0.3, 0.4) is 0 Å². The van der Waals surface area contributed by atoms with Crippen LogP contribution in [-0.4, -0.2) is 11.6 Å². The Bertz CT molecular complexity index is 568. The smallest absolute Gasteiger partial charge is 0.168 e. The van der Waals surface area contributed by atoms with Gasteiger partial charge in [-0.2, -0.15) is 0 Å². The van der Waals surface area contributed by atoms with Crippen molar-refractivity contribution in [3.05, 3.63) is 47.0 Å². The Hall–Kier alpha value is -1.70. The lowest BCUT2D eigenvalue weighted by atomic mass is 9.64. The summed E-state index contributed by atoms with van der Waals surface area (Å²) in [6.07, 6.45) is 2.82. The van der Waals surface area contributed by atoms with E-state index < -0.39 is 0 Å². The van der Waals surface area contributed by atoms with E-state index in [0.717, 1.165) is 0 Å². The van der Waals surface area contributed by atoms with E-state index in [9.17, 15) is 9.59 Å². The van der Waals surface area contributed by atoms with Gasteiger partial charge in [-0.05, 0) is 19.3 Å². The third kappa shape index (κ3) is 1.41. The highest BCUT2D eigenvalue weighted by Gasteiger charge is 2.45.